The molecule has 6 nitrogen and oxygen atoms in total. The van der Waals surface area contributed by atoms with Gasteiger partial charge in [0.1, 0.15) is 11.6 Å². The van der Waals surface area contributed by atoms with Crippen molar-refractivity contribution in [2.45, 2.75) is 44.6 Å². The third-order valence-corrected chi connectivity index (χ3v) is 6.60. The lowest BCUT2D eigenvalue weighted by molar-refractivity contribution is -0.139. The van der Waals surface area contributed by atoms with Gasteiger partial charge in [0.05, 0.1) is 13.7 Å². The van der Waals surface area contributed by atoms with Gasteiger partial charge in [-0.25, -0.2) is 4.39 Å². The summed E-state index contributed by atoms with van der Waals surface area (Å²) in [6.07, 6.45) is 5.25. The molecule has 0 spiro atoms. The number of halogens is 1. The average molecular weight is 406 g/mol. The quantitative estimate of drug-likeness (QED) is 0.758. The summed E-state index contributed by atoms with van der Waals surface area (Å²) in [5.41, 5.74) is 0.302. The van der Waals surface area contributed by atoms with E-state index in [4.69, 9.17) is 4.74 Å². The van der Waals surface area contributed by atoms with Crippen LogP contribution in [0, 0.1) is 11.7 Å². The predicted molar refractivity (Wildman–Crippen MR) is 109 cm³/mol. The van der Waals surface area contributed by atoms with Gasteiger partial charge in [-0.3, -0.25) is 14.5 Å². The van der Waals surface area contributed by atoms with E-state index in [0.29, 0.717) is 24.8 Å². The van der Waals surface area contributed by atoms with Gasteiger partial charge in [0, 0.05) is 30.8 Å². The lowest BCUT2D eigenvalue weighted by Crippen LogP contribution is -2.55. The number of ether oxygens (including phenoxy) is 1. The highest BCUT2D eigenvalue weighted by Gasteiger charge is 2.38. The molecule has 0 bridgehead atoms. The molecule has 0 atom stereocenters. The number of nitrogens with zero attached hydrogens (tertiary/aromatic N) is 2. The number of methoxy groups -OCH3 is 1. The van der Waals surface area contributed by atoms with Crippen molar-refractivity contribution in [2.75, 3.05) is 40.3 Å². The fourth-order valence-corrected chi connectivity index (χ4v) is 4.12. The number of hydrogen-bond acceptors (Lipinski definition) is 4. The van der Waals surface area contributed by atoms with Gasteiger partial charge in [-0.05, 0) is 70.2 Å². The van der Waals surface area contributed by atoms with E-state index < -0.39 is 5.82 Å². The second-order valence-electron chi connectivity index (χ2n) is 8.61. The highest BCUT2D eigenvalue weighted by atomic mass is 19.1. The summed E-state index contributed by atoms with van der Waals surface area (Å²) in [6, 6.07) is 3.99. The summed E-state index contributed by atoms with van der Waals surface area (Å²) in [5.74, 6) is 0.0967. The van der Waals surface area contributed by atoms with Crippen LogP contribution in [0.4, 0.5) is 4.39 Å². The predicted octanol–water partition coefficient (Wildman–Crippen LogP) is 2.68. The Morgan fingerprint density at radius 2 is 1.97 bits per heavy atom. The summed E-state index contributed by atoms with van der Waals surface area (Å²) in [4.78, 5) is 29.0. The second-order valence-corrected chi connectivity index (χ2v) is 8.61. The summed E-state index contributed by atoms with van der Waals surface area (Å²) >= 11 is 0. The Kier molecular flexibility index (Phi) is 6.77. The van der Waals surface area contributed by atoms with E-state index in [1.54, 1.807) is 0 Å². The molecule has 0 unspecified atom stereocenters. The van der Waals surface area contributed by atoms with Crippen LogP contribution >= 0.6 is 0 Å². The molecule has 1 aromatic rings. The second kappa shape index (κ2) is 9.11. The van der Waals surface area contributed by atoms with Gasteiger partial charge in [0.15, 0.2) is 0 Å². The number of benzene rings is 1. The van der Waals surface area contributed by atoms with Crippen LogP contribution in [0.15, 0.2) is 18.2 Å². The monoisotopic (exact) mass is 405 g/mol. The average Bonchev–Trinajstić information content (AvgIpc) is 2.70. The Bertz CT molecular complexity index is 743. The Hall–Kier alpha value is -2.15. The Labute approximate surface area is 172 Å². The van der Waals surface area contributed by atoms with Gasteiger partial charge in [-0.1, -0.05) is 0 Å². The number of carbonyl (C=O) groups excluding carboxylic acids is 2. The molecule has 1 aliphatic heterocycles. The minimum Gasteiger partial charge on any atom is -0.497 e. The van der Waals surface area contributed by atoms with Gasteiger partial charge in [-0.2, -0.15) is 0 Å². The molecule has 1 heterocycles. The van der Waals surface area contributed by atoms with Crippen molar-refractivity contribution >= 4 is 11.8 Å². The summed E-state index contributed by atoms with van der Waals surface area (Å²) in [6.45, 7) is 4.89. The summed E-state index contributed by atoms with van der Waals surface area (Å²) in [7, 11) is 3.37. The topological polar surface area (TPSA) is 61.9 Å². The molecular formula is C22H32FN3O3. The third kappa shape index (κ3) is 5.26. The molecule has 1 aromatic carbocycles. The van der Waals surface area contributed by atoms with Crippen LogP contribution in [-0.2, 0) is 4.79 Å². The number of amides is 2. The number of nitrogens with one attached hydrogen (secondary N) is 1. The van der Waals surface area contributed by atoms with Gasteiger partial charge in [-0.15, -0.1) is 0 Å². The zero-order valence-corrected chi connectivity index (χ0v) is 17.7. The van der Waals surface area contributed by atoms with Gasteiger partial charge >= 0.3 is 0 Å². The molecule has 7 heteroatoms. The van der Waals surface area contributed by atoms with Crippen LogP contribution in [0.5, 0.6) is 5.75 Å². The number of rotatable bonds is 7. The van der Waals surface area contributed by atoms with Crippen molar-refractivity contribution in [3.63, 3.8) is 0 Å². The largest absolute Gasteiger partial charge is 0.497 e. The van der Waals surface area contributed by atoms with Gasteiger partial charge in [0.2, 0.25) is 5.91 Å². The SMILES string of the molecule is COc1cc(F)cc(C(=O)NCC2CCN(CC(=O)N(C)C3(C)CCC3)CC2)c1. The highest BCUT2D eigenvalue weighted by Crippen LogP contribution is 2.36. The number of hydrogen-bond donors (Lipinski definition) is 1. The standard InChI is InChI=1S/C22H32FN3O3/c1-22(7-4-8-22)25(2)20(27)15-26-9-5-16(6-10-26)14-24-21(28)17-11-18(23)13-19(12-17)29-3/h11-13,16H,4-10,14-15H2,1-3H3,(H,24,28). The lowest BCUT2D eigenvalue weighted by atomic mass is 9.77. The van der Waals surface area contributed by atoms with Crippen LogP contribution in [0.3, 0.4) is 0 Å². The van der Waals surface area contributed by atoms with Crippen LogP contribution < -0.4 is 10.1 Å². The van der Waals surface area contributed by atoms with Crippen molar-refractivity contribution in [1.29, 1.82) is 0 Å². The lowest BCUT2D eigenvalue weighted by Gasteiger charge is -2.46. The van der Waals surface area contributed by atoms with Crippen molar-refractivity contribution in [2.24, 2.45) is 5.92 Å². The minimum atomic E-state index is -0.492. The first kappa shape index (κ1) is 21.6. The third-order valence-electron chi connectivity index (χ3n) is 6.60. The van der Waals surface area contributed by atoms with E-state index in [1.165, 1.54) is 31.7 Å². The highest BCUT2D eigenvalue weighted by molar-refractivity contribution is 5.94. The first-order valence-electron chi connectivity index (χ1n) is 10.4. The van der Waals surface area contributed by atoms with Crippen LogP contribution in [0.1, 0.15) is 49.4 Å². The van der Waals surface area contributed by atoms with Crippen molar-refractivity contribution in [3.05, 3.63) is 29.6 Å². The van der Waals surface area contributed by atoms with Gasteiger partial charge < -0.3 is 15.0 Å². The molecular weight excluding hydrogens is 373 g/mol. The van der Waals surface area contributed by atoms with Crippen LogP contribution in [-0.4, -0.2) is 67.5 Å². The molecule has 2 aliphatic rings. The molecule has 1 saturated heterocycles. The number of likely N-dealkylation sites (tertiary alicyclic amines) is 1. The molecule has 1 N–H and O–H groups in total. The normalized spacial score (nSPS) is 19.3. The number of carbonyl (C=O) groups is 2. The first-order chi connectivity index (χ1) is 13.8. The van der Waals surface area contributed by atoms with E-state index in [1.807, 2.05) is 11.9 Å². The summed E-state index contributed by atoms with van der Waals surface area (Å²) < 4.78 is 18.6. The van der Waals surface area contributed by atoms with E-state index in [-0.39, 0.29) is 22.9 Å². The molecule has 0 aromatic heterocycles. The summed E-state index contributed by atoms with van der Waals surface area (Å²) in [5, 5.41) is 2.90. The molecule has 1 saturated carbocycles. The molecule has 0 radical (unpaired) electrons. The van der Waals surface area contributed by atoms with E-state index in [9.17, 15) is 14.0 Å². The molecule has 2 amide bonds. The van der Waals surface area contributed by atoms with Crippen LogP contribution in [0.2, 0.25) is 0 Å². The zero-order valence-electron chi connectivity index (χ0n) is 17.7. The maximum absolute atomic E-state index is 13.6. The molecule has 1 aliphatic carbocycles. The number of likely N-dealkylation sites (N-methyl/N-ethyl adjacent to an activating group) is 1. The Morgan fingerprint density at radius 1 is 1.28 bits per heavy atom. The van der Waals surface area contributed by atoms with Crippen LogP contribution in [0.25, 0.3) is 0 Å². The smallest absolute Gasteiger partial charge is 0.251 e. The van der Waals surface area contributed by atoms with E-state index >= 15 is 0 Å². The first-order valence-corrected chi connectivity index (χ1v) is 10.4. The van der Waals surface area contributed by atoms with E-state index in [2.05, 4.69) is 17.1 Å². The van der Waals surface area contributed by atoms with Crippen molar-refractivity contribution < 1.29 is 18.7 Å². The Morgan fingerprint density at radius 3 is 2.55 bits per heavy atom. The maximum Gasteiger partial charge on any atom is 0.251 e. The fraction of sp³-hybridized carbons (Fsp3) is 0.636. The molecule has 160 valence electrons. The van der Waals surface area contributed by atoms with Gasteiger partial charge in [0.25, 0.3) is 5.91 Å². The molecule has 29 heavy (non-hydrogen) atoms. The molecule has 2 fully saturated rings. The fourth-order valence-electron chi connectivity index (χ4n) is 4.12. The molecule has 3 rings (SSSR count). The number of piperidine rings is 1. The van der Waals surface area contributed by atoms with Crippen molar-refractivity contribution in [1.82, 2.24) is 15.1 Å². The zero-order chi connectivity index (χ0) is 21.0. The maximum atomic E-state index is 13.6. The van der Waals surface area contributed by atoms with E-state index in [0.717, 1.165) is 38.8 Å². The van der Waals surface area contributed by atoms with Crippen molar-refractivity contribution in [3.8, 4) is 5.75 Å². The Balaban J connectivity index is 1.41. The minimum absolute atomic E-state index is 0.0410.